The molecular formula is C4H11NO2. The summed E-state index contributed by atoms with van der Waals surface area (Å²) >= 11 is 0. The third-order valence-corrected chi connectivity index (χ3v) is 0.780. The second-order valence-electron chi connectivity index (χ2n) is 1.67. The zero-order valence-corrected chi connectivity index (χ0v) is 4.64. The van der Waals surface area contributed by atoms with E-state index in [9.17, 15) is 0 Å². The van der Waals surface area contributed by atoms with E-state index < -0.39 is 5.72 Å². The Bertz CT molecular complexity index is 47.7. The van der Waals surface area contributed by atoms with Crippen molar-refractivity contribution in [1.82, 2.24) is 0 Å². The van der Waals surface area contributed by atoms with Crippen molar-refractivity contribution >= 4 is 0 Å². The number of aliphatic hydroxyl groups excluding tert-OH is 1. The first-order valence-electron chi connectivity index (χ1n) is 2.07. The fraction of sp³-hybridized carbons (Fsp3) is 1.00. The highest BCUT2D eigenvalue weighted by atomic mass is 16.5. The molecule has 0 fully saturated rings. The molecule has 44 valence electrons. The van der Waals surface area contributed by atoms with Crippen molar-refractivity contribution in [3.05, 3.63) is 0 Å². The van der Waals surface area contributed by atoms with Gasteiger partial charge in [0.2, 0.25) is 0 Å². The first-order valence-corrected chi connectivity index (χ1v) is 2.07. The van der Waals surface area contributed by atoms with Crippen LogP contribution in [-0.4, -0.2) is 24.5 Å². The molecule has 3 heteroatoms. The molecule has 0 aliphatic rings. The molecule has 0 saturated heterocycles. The largest absolute Gasteiger partial charge is 0.392 e. The maximum absolute atomic E-state index is 8.34. The number of methoxy groups -OCH3 is 1. The standard InChI is InChI=1S/C4H11NO2/c1-4(5,3-6)7-2/h6H,3,5H2,1-2H3. The van der Waals surface area contributed by atoms with Crippen molar-refractivity contribution in [3.8, 4) is 0 Å². The van der Waals surface area contributed by atoms with Gasteiger partial charge >= 0.3 is 0 Å². The summed E-state index contributed by atoms with van der Waals surface area (Å²) in [5.74, 6) is 0. The average Bonchev–Trinajstić information content (AvgIpc) is 1.68. The predicted octanol–water partition coefficient (Wildman–Crippen LogP) is -0.700. The van der Waals surface area contributed by atoms with Gasteiger partial charge in [-0.3, -0.25) is 0 Å². The average molecular weight is 105 g/mol. The molecule has 0 rings (SSSR count). The van der Waals surface area contributed by atoms with Crippen LogP contribution in [0.3, 0.4) is 0 Å². The van der Waals surface area contributed by atoms with Crippen LogP contribution in [0.2, 0.25) is 0 Å². The number of hydrogen-bond donors (Lipinski definition) is 2. The lowest BCUT2D eigenvalue weighted by molar-refractivity contribution is -0.0324. The van der Waals surface area contributed by atoms with Crippen LogP contribution in [0.1, 0.15) is 6.92 Å². The summed E-state index contributed by atoms with van der Waals surface area (Å²) in [5.41, 5.74) is 4.38. The third kappa shape index (κ3) is 2.56. The molecule has 0 amide bonds. The van der Waals surface area contributed by atoms with E-state index in [1.807, 2.05) is 0 Å². The second kappa shape index (κ2) is 2.26. The van der Waals surface area contributed by atoms with Gasteiger partial charge < -0.3 is 15.6 Å². The summed E-state index contributed by atoms with van der Waals surface area (Å²) in [7, 11) is 1.45. The van der Waals surface area contributed by atoms with Gasteiger partial charge in [0.15, 0.2) is 0 Å². The maximum atomic E-state index is 8.34. The zero-order chi connectivity index (χ0) is 5.91. The molecule has 0 aliphatic carbocycles. The summed E-state index contributed by atoms with van der Waals surface area (Å²) in [6, 6.07) is 0. The van der Waals surface area contributed by atoms with E-state index in [1.165, 1.54) is 7.11 Å². The number of rotatable bonds is 2. The minimum absolute atomic E-state index is 0.149. The molecule has 3 nitrogen and oxygen atoms in total. The molecule has 1 unspecified atom stereocenters. The van der Waals surface area contributed by atoms with Crippen LogP contribution in [0.25, 0.3) is 0 Å². The summed E-state index contributed by atoms with van der Waals surface area (Å²) in [5, 5.41) is 8.34. The second-order valence-corrected chi connectivity index (χ2v) is 1.67. The lowest BCUT2D eigenvalue weighted by atomic mass is 10.3. The molecule has 0 aromatic carbocycles. The van der Waals surface area contributed by atoms with Crippen LogP contribution < -0.4 is 5.73 Å². The molecule has 0 spiro atoms. The van der Waals surface area contributed by atoms with E-state index in [0.29, 0.717) is 0 Å². The van der Waals surface area contributed by atoms with Gasteiger partial charge in [-0.2, -0.15) is 0 Å². The van der Waals surface area contributed by atoms with Crippen molar-refractivity contribution in [1.29, 1.82) is 0 Å². The Hall–Kier alpha value is -0.120. The van der Waals surface area contributed by atoms with E-state index in [0.717, 1.165) is 0 Å². The van der Waals surface area contributed by atoms with E-state index >= 15 is 0 Å². The minimum Gasteiger partial charge on any atom is -0.392 e. The number of ether oxygens (including phenoxy) is 1. The SMILES string of the molecule is COC(C)(N)CO. The summed E-state index contributed by atoms with van der Waals surface area (Å²) < 4.78 is 4.61. The summed E-state index contributed by atoms with van der Waals surface area (Å²) in [6.07, 6.45) is 0. The highest BCUT2D eigenvalue weighted by Crippen LogP contribution is 1.94. The molecule has 0 heterocycles. The van der Waals surface area contributed by atoms with Gasteiger partial charge in [0.25, 0.3) is 0 Å². The molecule has 3 N–H and O–H groups in total. The number of nitrogens with two attached hydrogens (primary N) is 1. The lowest BCUT2D eigenvalue weighted by Crippen LogP contribution is -2.41. The van der Waals surface area contributed by atoms with Gasteiger partial charge in [-0.15, -0.1) is 0 Å². The van der Waals surface area contributed by atoms with E-state index in [2.05, 4.69) is 4.74 Å². The Morgan fingerprint density at radius 2 is 2.29 bits per heavy atom. The minimum atomic E-state index is -0.861. The highest BCUT2D eigenvalue weighted by molar-refractivity contribution is 4.60. The fourth-order valence-corrected chi connectivity index (χ4v) is 0.0645. The molecular weight excluding hydrogens is 94.0 g/mol. The third-order valence-electron chi connectivity index (χ3n) is 0.780. The van der Waals surface area contributed by atoms with Crippen molar-refractivity contribution in [2.75, 3.05) is 13.7 Å². The van der Waals surface area contributed by atoms with Crippen molar-refractivity contribution in [2.24, 2.45) is 5.73 Å². The molecule has 1 atom stereocenters. The van der Waals surface area contributed by atoms with Gasteiger partial charge in [-0.25, -0.2) is 0 Å². The van der Waals surface area contributed by atoms with Gasteiger partial charge in [0, 0.05) is 7.11 Å². The topological polar surface area (TPSA) is 55.5 Å². The van der Waals surface area contributed by atoms with Crippen LogP contribution in [-0.2, 0) is 4.74 Å². The number of aliphatic hydroxyl groups is 1. The van der Waals surface area contributed by atoms with Crippen LogP contribution in [0.5, 0.6) is 0 Å². The van der Waals surface area contributed by atoms with E-state index in [4.69, 9.17) is 10.8 Å². The van der Waals surface area contributed by atoms with Crippen molar-refractivity contribution < 1.29 is 9.84 Å². The molecule has 0 saturated carbocycles. The summed E-state index contributed by atoms with van der Waals surface area (Å²) in [4.78, 5) is 0. The van der Waals surface area contributed by atoms with E-state index in [-0.39, 0.29) is 6.61 Å². The summed E-state index contributed by atoms with van der Waals surface area (Å²) in [6.45, 7) is 1.45. The molecule has 0 radical (unpaired) electrons. The molecule has 7 heavy (non-hydrogen) atoms. The Morgan fingerprint density at radius 3 is 2.29 bits per heavy atom. The molecule has 0 bridgehead atoms. The first-order chi connectivity index (χ1) is 3.12. The van der Waals surface area contributed by atoms with Gasteiger partial charge in [-0.05, 0) is 6.92 Å². The smallest absolute Gasteiger partial charge is 0.136 e. The van der Waals surface area contributed by atoms with Crippen LogP contribution in [0.4, 0.5) is 0 Å². The Kier molecular flexibility index (Phi) is 2.22. The first kappa shape index (κ1) is 6.88. The quantitative estimate of drug-likeness (QED) is 0.456. The van der Waals surface area contributed by atoms with Gasteiger partial charge in [0.05, 0.1) is 6.61 Å². The molecule has 0 aliphatic heterocycles. The Morgan fingerprint density at radius 1 is 1.86 bits per heavy atom. The van der Waals surface area contributed by atoms with Crippen molar-refractivity contribution in [2.45, 2.75) is 12.6 Å². The zero-order valence-electron chi connectivity index (χ0n) is 4.64. The molecule has 0 aromatic heterocycles. The highest BCUT2D eigenvalue weighted by Gasteiger charge is 2.13. The Labute approximate surface area is 43.1 Å². The maximum Gasteiger partial charge on any atom is 0.136 e. The lowest BCUT2D eigenvalue weighted by Gasteiger charge is -2.18. The number of hydrogen-bond acceptors (Lipinski definition) is 3. The monoisotopic (exact) mass is 105 g/mol. The van der Waals surface area contributed by atoms with Gasteiger partial charge in [-0.1, -0.05) is 0 Å². The van der Waals surface area contributed by atoms with Gasteiger partial charge in [0.1, 0.15) is 5.72 Å². The van der Waals surface area contributed by atoms with Crippen molar-refractivity contribution in [3.63, 3.8) is 0 Å². The predicted molar refractivity (Wildman–Crippen MR) is 26.7 cm³/mol. The normalized spacial score (nSPS) is 18.9. The fourth-order valence-electron chi connectivity index (χ4n) is 0.0645. The van der Waals surface area contributed by atoms with Crippen LogP contribution in [0, 0.1) is 0 Å². The molecule has 0 aromatic rings. The van der Waals surface area contributed by atoms with Crippen LogP contribution >= 0.6 is 0 Å². The van der Waals surface area contributed by atoms with Crippen LogP contribution in [0.15, 0.2) is 0 Å². The Balaban J connectivity index is 3.36. The van der Waals surface area contributed by atoms with E-state index in [1.54, 1.807) is 6.92 Å².